The number of halogens is 1. The lowest BCUT2D eigenvalue weighted by Gasteiger charge is -2.36. The number of carbonyl (C=O) groups is 5. The monoisotopic (exact) mass is 913 g/mol. The molecule has 7 saturated heterocycles. The van der Waals surface area contributed by atoms with Gasteiger partial charge in [0.15, 0.2) is 0 Å². The molecule has 66 heavy (non-hydrogen) atoms. The fourth-order valence-electron chi connectivity index (χ4n) is 15.6. The molecule has 3 aliphatic carbocycles. The third-order valence-corrected chi connectivity index (χ3v) is 19.2. The molecule has 4 N–H and O–H groups in total. The van der Waals surface area contributed by atoms with Gasteiger partial charge < -0.3 is 40.7 Å². The Morgan fingerprint density at radius 1 is 0.742 bits per heavy atom. The van der Waals surface area contributed by atoms with Gasteiger partial charge in [0.05, 0.1) is 24.7 Å². The van der Waals surface area contributed by atoms with E-state index < -0.39 is 12.2 Å². The maximum Gasteiger partial charge on any atom is 0.414 e. The lowest BCUT2D eigenvalue weighted by Crippen LogP contribution is -2.42. The van der Waals surface area contributed by atoms with Crippen LogP contribution in [0.15, 0.2) is 18.2 Å². The second-order valence-electron chi connectivity index (χ2n) is 22.5. The summed E-state index contributed by atoms with van der Waals surface area (Å²) in [5.41, 5.74) is 0.388. The van der Waals surface area contributed by atoms with E-state index in [1.54, 1.807) is 0 Å². The number of rotatable bonds is 15. The molecule has 3 saturated carbocycles. The Bertz CT molecular complexity index is 2070. The number of anilines is 1. The summed E-state index contributed by atoms with van der Waals surface area (Å²) in [5.74, 6) is 0.767. The van der Waals surface area contributed by atoms with E-state index in [0.717, 1.165) is 136 Å². The third kappa shape index (κ3) is 7.63. The van der Waals surface area contributed by atoms with Crippen LogP contribution in [0.4, 0.5) is 14.9 Å². The van der Waals surface area contributed by atoms with E-state index >= 15 is 4.39 Å². The van der Waals surface area contributed by atoms with E-state index in [1.165, 1.54) is 30.7 Å². The number of ether oxygens (including phenoxy) is 1. The zero-order chi connectivity index (χ0) is 45.4. The van der Waals surface area contributed by atoms with Crippen LogP contribution in [0, 0.1) is 63.5 Å². The number of piperidine rings is 6. The Balaban J connectivity index is 0.925. The van der Waals surface area contributed by atoms with Crippen LogP contribution < -0.4 is 26.2 Å². The molecule has 0 radical (unpaired) electrons. The van der Waals surface area contributed by atoms with Gasteiger partial charge in [-0.2, -0.15) is 0 Å². The number of carbonyl (C=O) groups excluding carboxylic acids is 5. The minimum atomic E-state index is -0.569. The van der Waals surface area contributed by atoms with Gasteiger partial charge in [-0.15, -0.1) is 0 Å². The highest BCUT2D eigenvalue weighted by Gasteiger charge is 2.77. The van der Waals surface area contributed by atoms with Crippen molar-refractivity contribution in [3.63, 3.8) is 0 Å². The van der Waals surface area contributed by atoms with Crippen LogP contribution in [0.25, 0.3) is 0 Å². The normalized spacial score (nSPS) is 37.4. The van der Waals surface area contributed by atoms with Crippen molar-refractivity contribution in [2.45, 2.75) is 102 Å². The second-order valence-corrected chi connectivity index (χ2v) is 22.5. The summed E-state index contributed by atoms with van der Waals surface area (Å²) < 4.78 is 22.9. The van der Waals surface area contributed by atoms with Crippen molar-refractivity contribution in [1.29, 1.82) is 0 Å². The number of amides is 5. The Morgan fingerprint density at radius 3 is 1.89 bits per heavy atom. The summed E-state index contributed by atoms with van der Waals surface area (Å²) in [4.78, 5) is 75.9. The quantitative estimate of drug-likeness (QED) is 0.204. The SMILES string of the molecule is CC(=O)NC[C@H]1CN(c2ccc(C(CCC34CNCC3C4C(=O)N3CCCCC3)CC(CC34CNCC3C4C(=O)N3CCCCC3)C34CNCC3C4C(=O)N3CCCCC3)c(F)c2)C(=O)O1. The first-order valence-corrected chi connectivity index (χ1v) is 26.1. The van der Waals surface area contributed by atoms with Crippen LogP contribution in [-0.2, 0) is 23.9 Å². The zero-order valence-corrected chi connectivity index (χ0v) is 39.1. The molecular formula is C51H73FN8O6. The van der Waals surface area contributed by atoms with Crippen molar-refractivity contribution >= 4 is 35.4 Å². The Hall–Kier alpha value is -3.82. The molecule has 7 aliphatic heterocycles. The molecule has 360 valence electrons. The second kappa shape index (κ2) is 17.6. The van der Waals surface area contributed by atoms with E-state index in [-0.39, 0.29) is 88.4 Å². The van der Waals surface area contributed by atoms with E-state index in [2.05, 4.69) is 36.0 Å². The van der Waals surface area contributed by atoms with Gasteiger partial charge in [0, 0.05) is 83.1 Å². The summed E-state index contributed by atoms with van der Waals surface area (Å²) in [6.45, 7) is 11.5. The third-order valence-electron chi connectivity index (χ3n) is 19.2. The lowest BCUT2D eigenvalue weighted by atomic mass is 9.70. The fourth-order valence-corrected chi connectivity index (χ4v) is 15.6. The van der Waals surface area contributed by atoms with Gasteiger partial charge in [0.25, 0.3) is 0 Å². The predicted molar refractivity (Wildman–Crippen MR) is 246 cm³/mol. The van der Waals surface area contributed by atoms with Gasteiger partial charge in [0.2, 0.25) is 23.6 Å². The molecule has 11 unspecified atom stereocenters. The van der Waals surface area contributed by atoms with Crippen LogP contribution in [0.5, 0.6) is 0 Å². The maximum atomic E-state index is 17.3. The van der Waals surface area contributed by atoms with Crippen molar-refractivity contribution in [2.75, 3.05) is 96.5 Å². The van der Waals surface area contributed by atoms with Crippen LogP contribution in [0.1, 0.15) is 102 Å². The minimum Gasteiger partial charge on any atom is -0.442 e. The van der Waals surface area contributed by atoms with E-state index in [0.29, 0.717) is 41.8 Å². The van der Waals surface area contributed by atoms with Gasteiger partial charge in [-0.25, -0.2) is 9.18 Å². The molecule has 5 amide bonds. The smallest absolute Gasteiger partial charge is 0.414 e. The molecule has 1 aromatic rings. The van der Waals surface area contributed by atoms with Crippen molar-refractivity contribution in [2.24, 2.45) is 57.7 Å². The van der Waals surface area contributed by atoms with Crippen LogP contribution >= 0.6 is 0 Å². The first-order chi connectivity index (χ1) is 32.1. The zero-order valence-electron chi connectivity index (χ0n) is 39.1. The summed E-state index contributed by atoms with van der Waals surface area (Å²) in [6.07, 6.45) is 11.7. The van der Waals surface area contributed by atoms with E-state index in [9.17, 15) is 24.0 Å². The van der Waals surface area contributed by atoms with Crippen molar-refractivity contribution in [3.05, 3.63) is 29.6 Å². The molecule has 1 aromatic carbocycles. The summed E-state index contributed by atoms with van der Waals surface area (Å²) in [5, 5.41) is 13.8. The molecule has 0 spiro atoms. The highest BCUT2D eigenvalue weighted by molar-refractivity contribution is 5.90. The number of benzene rings is 1. The van der Waals surface area contributed by atoms with Crippen LogP contribution in [0.3, 0.4) is 0 Å². The summed E-state index contributed by atoms with van der Waals surface area (Å²) >= 11 is 0. The molecule has 12 atom stereocenters. The highest BCUT2D eigenvalue weighted by atomic mass is 19.1. The number of likely N-dealkylation sites (tertiary alicyclic amines) is 3. The minimum absolute atomic E-state index is 0.0126. The molecular weight excluding hydrogens is 840 g/mol. The molecule has 14 nitrogen and oxygen atoms in total. The molecule has 15 heteroatoms. The van der Waals surface area contributed by atoms with Gasteiger partial charge in [-0.05, 0) is 161 Å². The summed E-state index contributed by atoms with van der Waals surface area (Å²) in [6, 6.07) is 5.18. The number of hydrogen-bond donors (Lipinski definition) is 4. The number of nitrogens with one attached hydrogen (secondary N) is 4. The highest BCUT2D eigenvalue weighted by Crippen LogP contribution is 2.73. The molecule has 10 aliphatic rings. The number of cyclic esters (lactones) is 1. The number of fused-ring (bicyclic) bond motifs is 3. The Labute approximate surface area is 389 Å². The van der Waals surface area contributed by atoms with Crippen LogP contribution in [-0.4, -0.2) is 142 Å². The molecule has 7 heterocycles. The molecule has 0 bridgehead atoms. The van der Waals surface area contributed by atoms with Gasteiger partial charge >= 0.3 is 6.09 Å². The van der Waals surface area contributed by atoms with Crippen molar-refractivity contribution in [1.82, 2.24) is 36.0 Å². The number of nitrogens with zero attached hydrogens (tertiary/aromatic N) is 4. The number of hydrogen-bond acceptors (Lipinski definition) is 9. The lowest BCUT2D eigenvalue weighted by molar-refractivity contribution is -0.136. The first-order valence-electron chi connectivity index (χ1n) is 26.1. The Kier molecular flexibility index (Phi) is 11.9. The average molecular weight is 913 g/mol. The standard InChI is InChI=1S/C51H73FN8O6/c1-32(61)56-24-36-28-60(48(65)66-36)35-11-12-37(41(52)22-35)33(13-14-49-29-53-25-38(49)42(49)45(62)57-15-5-2-6-16-57)21-34(51-31-55-27-40(51)44(51)47(64)59-19-9-4-10-20-59)23-50-30-54-26-39(50)43(50)46(63)58-17-7-3-8-18-58/h11-12,22,33-34,36,38-40,42-44,53-55H,2-10,13-21,23-31H2,1H3,(H,56,61)/t33?,34?,36-,38?,39?,40?,42?,43?,44?,49?,50?,51?/m0/s1. The van der Waals surface area contributed by atoms with E-state index in [4.69, 9.17) is 4.74 Å². The Morgan fingerprint density at radius 2 is 1.29 bits per heavy atom. The molecule has 10 fully saturated rings. The van der Waals surface area contributed by atoms with Crippen molar-refractivity contribution in [3.8, 4) is 0 Å². The van der Waals surface area contributed by atoms with E-state index in [1.807, 2.05) is 12.1 Å². The first kappa shape index (κ1) is 44.7. The molecule has 11 rings (SSSR count). The van der Waals surface area contributed by atoms with Gasteiger partial charge in [-0.1, -0.05) is 6.07 Å². The average Bonchev–Trinajstić information content (AvgIpc) is 3.98. The summed E-state index contributed by atoms with van der Waals surface area (Å²) in [7, 11) is 0. The fraction of sp³-hybridized carbons (Fsp3) is 0.784. The molecule has 0 aromatic heterocycles. The van der Waals surface area contributed by atoms with Crippen LogP contribution in [0.2, 0.25) is 0 Å². The van der Waals surface area contributed by atoms with Gasteiger partial charge in [-0.3, -0.25) is 24.1 Å². The van der Waals surface area contributed by atoms with Gasteiger partial charge in [0.1, 0.15) is 11.9 Å². The maximum absolute atomic E-state index is 17.3. The topological polar surface area (TPSA) is 156 Å². The largest absolute Gasteiger partial charge is 0.442 e. The van der Waals surface area contributed by atoms with Crippen molar-refractivity contribution < 1.29 is 33.1 Å². The predicted octanol–water partition coefficient (Wildman–Crippen LogP) is 4.09.